The van der Waals surface area contributed by atoms with Gasteiger partial charge in [-0.3, -0.25) is 4.79 Å². The van der Waals surface area contributed by atoms with Crippen LogP contribution in [0.5, 0.6) is 0 Å². The molecule has 0 aliphatic rings. The first kappa shape index (κ1) is 24.2. The fraction of sp³-hybridized carbons (Fsp3) is 0.600. The van der Waals surface area contributed by atoms with Crippen LogP contribution >= 0.6 is 0 Å². The minimum absolute atomic E-state index is 0. The molecule has 4 nitrogen and oxygen atoms in total. The molecule has 0 fully saturated rings. The van der Waals surface area contributed by atoms with Crippen molar-refractivity contribution in [3.05, 3.63) is 35.9 Å². The van der Waals surface area contributed by atoms with Crippen molar-refractivity contribution in [2.45, 2.75) is 64.7 Å². The summed E-state index contributed by atoms with van der Waals surface area (Å²) in [5.74, 6) is -1.85. The zero-order valence-corrected chi connectivity index (χ0v) is 17.8. The minimum atomic E-state index is -1.16. The van der Waals surface area contributed by atoms with E-state index in [1.165, 1.54) is 25.7 Å². The summed E-state index contributed by atoms with van der Waals surface area (Å²) in [6.07, 6.45) is 8.00. The number of rotatable bonds is 13. The molecule has 0 saturated carbocycles. The molecule has 1 amide bonds. The summed E-state index contributed by atoms with van der Waals surface area (Å²) in [5.41, 5.74) is 1.12. The Hall–Kier alpha value is -0.840. The van der Waals surface area contributed by atoms with Gasteiger partial charge in [0.15, 0.2) is 0 Å². The van der Waals surface area contributed by atoms with Crippen molar-refractivity contribution < 1.29 is 44.3 Å². The Labute approximate surface area is 174 Å². The monoisotopic (exact) mass is 355 g/mol. The number of unbranched alkanes of at least 4 members (excludes halogenated alkanes) is 5. The van der Waals surface area contributed by atoms with E-state index in [0.29, 0.717) is 19.4 Å². The third-order valence-corrected chi connectivity index (χ3v) is 4.24. The molecular weight excluding hydrogens is 325 g/mol. The summed E-state index contributed by atoms with van der Waals surface area (Å²) in [6, 6.07) is 9.81. The van der Waals surface area contributed by atoms with Gasteiger partial charge >= 0.3 is 29.6 Å². The standard InChI is InChI=1S/C20H31NO3.Na/c1-2-3-4-5-6-10-15-21-20(24)18(16-19(22)23)14-13-17-11-8-7-9-12-17;/h7-9,11-12,18H,2-6,10,13-16H2,1H3,(H,21,24)(H,22,23);/q;+1/p-1. The Balaban J connectivity index is 0.00000576. The van der Waals surface area contributed by atoms with E-state index in [9.17, 15) is 14.7 Å². The number of carbonyl (C=O) groups is 2. The van der Waals surface area contributed by atoms with E-state index in [0.717, 1.165) is 18.4 Å². The number of carboxylic acids is 1. The first-order valence-corrected chi connectivity index (χ1v) is 9.15. The van der Waals surface area contributed by atoms with Crippen molar-refractivity contribution in [3.8, 4) is 0 Å². The van der Waals surface area contributed by atoms with Crippen molar-refractivity contribution in [1.82, 2.24) is 5.32 Å². The van der Waals surface area contributed by atoms with Gasteiger partial charge in [-0.15, -0.1) is 0 Å². The molecule has 134 valence electrons. The van der Waals surface area contributed by atoms with Gasteiger partial charge in [0.1, 0.15) is 0 Å². The number of hydrogen-bond acceptors (Lipinski definition) is 3. The van der Waals surface area contributed by atoms with Crippen LogP contribution in [0.2, 0.25) is 0 Å². The van der Waals surface area contributed by atoms with Gasteiger partial charge in [-0.1, -0.05) is 69.4 Å². The maximum absolute atomic E-state index is 12.2. The van der Waals surface area contributed by atoms with Gasteiger partial charge in [-0.2, -0.15) is 0 Å². The van der Waals surface area contributed by atoms with Crippen LogP contribution in [0.1, 0.15) is 63.9 Å². The third kappa shape index (κ3) is 12.2. The molecule has 0 radical (unpaired) electrons. The van der Waals surface area contributed by atoms with Gasteiger partial charge in [0.2, 0.25) is 5.91 Å². The number of carbonyl (C=O) groups excluding carboxylic acids is 2. The van der Waals surface area contributed by atoms with Crippen molar-refractivity contribution in [2.24, 2.45) is 5.92 Å². The zero-order chi connectivity index (χ0) is 17.6. The fourth-order valence-electron chi connectivity index (χ4n) is 2.77. The second-order valence-electron chi connectivity index (χ2n) is 6.36. The van der Waals surface area contributed by atoms with E-state index in [-0.39, 0.29) is 41.9 Å². The summed E-state index contributed by atoms with van der Waals surface area (Å²) >= 11 is 0. The Kier molecular flexibility index (Phi) is 14.9. The molecule has 0 aromatic heterocycles. The molecule has 0 spiro atoms. The topological polar surface area (TPSA) is 69.2 Å². The fourth-order valence-corrected chi connectivity index (χ4v) is 2.77. The summed E-state index contributed by atoms with van der Waals surface area (Å²) in [5, 5.41) is 13.8. The normalized spacial score (nSPS) is 11.4. The minimum Gasteiger partial charge on any atom is -0.550 e. The van der Waals surface area contributed by atoms with Crippen molar-refractivity contribution >= 4 is 11.9 Å². The number of aryl methyl sites for hydroxylation is 1. The summed E-state index contributed by atoms with van der Waals surface area (Å²) < 4.78 is 0. The Bertz CT molecular complexity index is 479. The molecule has 1 rings (SSSR count). The van der Waals surface area contributed by atoms with E-state index in [2.05, 4.69) is 12.2 Å². The Morgan fingerprint density at radius 2 is 1.68 bits per heavy atom. The van der Waals surface area contributed by atoms with Crippen LogP contribution in [0.3, 0.4) is 0 Å². The van der Waals surface area contributed by atoms with Crippen LogP contribution in [0.4, 0.5) is 0 Å². The smallest absolute Gasteiger partial charge is 0.550 e. The van der Waals surface area contributed by atoms with E-state index >= 15 is 0 Å². The van der Waals surface area contributed by atoms with E-state index in [1.54, 1.807) is 0 Å². The molecule has 1 aromatic carbocycles. The predicted octanol–water partition coefficient (Wildman–Crippen LogP) is -0.144. The number of amides is 1. The number of nitrogens with one attached hydrogen (secondary N) is 1. The maximum Gasteiger partial charge on any atom is 1.00 e. The molecule has 0 saturated heterocycles. The molecule has 0 aliphatic heterocycles. The van der Waals surface area contributed by atoms with Crippen LogP contribution in [-0.4, -0.2) is 18.4 Å². The summed E-state index contributed by atoms with van der Waals surface area (Å²) in [4.78, 5) is 23.1. The number of hydrogen-bond donors (Lipinski definition) is 1. The number of aliphatic carboxylic acids is 1. The number of carboxylic acid groups (broad SMARTS) is 1. The molecule has 1 atom stereocenters. The van der Waals surface area contributed by atoms with Crippen LogP contribution in [-0.2, 0) is 16.0 Å². The molecule has 0 heterocycles. The van der Waals surface area contributed by atoms with Gasteiger partial charge in [0, 0.05) is 18.4 Å². The van der Waals surface area contributed by atoms with Gasteiger partial charge in [0.05, 0.1) is 0 Å². The summed E-state index contributed by atoms with van der Waals surface area (Å²) in [7, 11) is 0. The molecule has 0 bridgehead atoms. The van der Waals surface area contributed by atoms with Gasteiger partial charge < -0.3 is 15.2 Å². The molecule has 1 N–H and O–H groups in total. The van der Waals surface area contributed by atoms with E-state index in [4.69, 9.17) is 0 Å². The molecule has 1 aromatic rings. The van der Waals surface area contributed by atoms with Gasteiger partial charge in [-0.05, 0) is 31.2 Å². The quantitative estimate of drug-likeness (QED) is 0.395. The maximum atomic E-state index is 12.2. The first-order chi connectivity index (χ1) is 11.6. The second-order valence-corrected chi connectivity index (χ2v) is 6.36. The van der Waals surface area contributed by atoms with Crippen LogP contribution in [0.15, 0.2) is 30.3 Å². The Morgan fingerprint density at radius 3 is 2.32 bits per heavy atom. The molecule has 0 aliphatic carbocycles. The SMILES string of the molecule is CCCCCCCCNC(=O)C(CCc1ccccc1)CC(=O)[O-].[Na+]. The van der Waals surface area contributed by atoms with E-state index < -0.39 is 11.9 Å². The largest absolute Gasteiger partial charge is 1.00 e. The molecule has 5 heteroatoms. The zero-order valence-electron chi connectivity index (χ0n) is 15.8. The molecular formula is C20H30NNaO3. The van der Waals surface area contributed by atoms with Gasteiger partial charge in [0.25, 0.3) is 0 Å². The average Bonchev–Trinajstić information content (AvgIpc) is 2.58. The predicted molar refractivity (Wildman–Crippen MR) is 94.3 cm³/mol. The van der Waals surface area contributed by atoms with Gasteiger partial charge in [-0.25, -0.2) is 0 Å². The molecule has 25 heavy (non-hydrogen) atoms. The van der Waals surface area contributed by atoms with Crippen molar-refractivity contribution in [2.75, 3.05) is 6.54 Å². The Morgan fingerprint density at radius 1 is 1.04 bits per heavy atom. The van der Waals surface area contributed by atoms with Crippen LogP contribution in [0.25, 0.3) is 0 Å². The van der Waals surface area contributed by atoms with Crippen LogP contribution in [0, 0.1) is 5.92 Å². The van der Waals surface area contributed by atoms with Crippen molar-refractivity contribution in [1.29, 1.82) is 0 Å². The van der Waals surface area contributed by atoms with Crippen molar-refractivity contribution in [3.63, 3.8) is 0 Å². The first-order valence-electron chi connectivity index (χ1n) is 9.15. The van der Waals surface area contributed by atoms with E-state index in [1.807, 2.05) is 30.3 Å². The summed E-state index contributed by atoms with van der Waals surface area (Å²) in [6.45, 7) is 2.81. The molecule has 1 unspecified atom stereocenters. The second kappa shape index (κ2) is 15.4. The average molecular weight is 355 g/mol. The third-order valence-electron chi connectivity index (χ3n) is 4.24. The van der Waals surface area contributed by atoms with Crippen LogP contribution < -0.4 is 40.0 Å². The number of benzene rings is 1.